The van der Waals surface area contributed by atoms with Crippen LogP contribution in [0.4, 0.5) is 4.39 Å². The van der Waals surface area contributed by atoms with Crippen LogP contribution in [-0.4, -0.2) is 29.9 Å². The number of ether oxygens (including phenoxy) is 1. The molecule has 0 amide bonds. The molecule has 1 aromatic carbocycles. The number of nitrogens with zero attached hydrogens (tertiary/aromatic N) is 1. The highest BCUT2D eigenvalue weighted by Gasteiger charge is 2.28. The standard InChI is InChI=1S/C19H26FNO2/c1-6-17(22)13(2)21-10-9-15(12-21)23-18-8-7-14(20)11-16(18)19(3,4)5/h7-8,11,15H,2,6,9-10,12H2,1,3-5H3. The van der Waals surface area contributed by atoms with E-state index in [1.807, 2.05) is 32.6 Å². The lowest BCUT2D eigenvalue weighted by molar-refractivity contribution is -0.116. The van der Waals surface area contributed by atoms with Gasteiger partial charge in [-0.2, -0.15) is 0 Å². The molecular formula is C19H26FNO2. The molecule has 3 nitrogen and oxygen atoms in total. The molecule has 4 heteroatoms. The Hall–Kier alpha value is -1.84. The molecule has 0 N–H and O–H groups in total. The molecule has 2 rings (SSSR count). The molecular weight excluding hydrogens is 293 g/mol. The van der Waals surface area contributed by atoms with Crippen LogP contribution in [0.3, 0.4) is 0 Å². The minimum Gasteiger partial charge on any atom is -0.488 e. The van der Waals surface area contributed by atoms with E-state index in [4.69, 9.17) is 4.74 Å². The molecule has 1 atom stereocenters. The first-order valence-electron chi connectivity index (χ1n) is 8.16. The maximum absolute atomic E-state index is 13.6. The number of hydrogen-bond acceptors (Lipinski definition) is 3. The minimum atomic E-state index is -0.253. The summed E-state index contributed by atoms with van der Waals surface area (Å²) in [7, 11) is 0. The maximum atomic E-state index is 13.6. The second kappa shape index (κ2) is 6.73. The Labute approximate surface area is 138 Å². The van der Waals surface area contributed by atoms with Gasteiger partial charge in [0.15, 0.2) is 5.78 Å². The van der Waals surface area contributed by atoms with Crippen molar-refractivity contribution in [3.63, 3.8) is 0 Å². The summed E-state index contributed by atoms with van der Waals surface area (Å²) in [4.78, 5) is 13.7. The first-order chi connectivity index (χ1) is 10.7. The third kappa shape index (κ3) is 4.12. The van der Waals surface area contributed by atoms with E-state index < -0.39 is 0 Å². The molecule has 1 aliphatic heterocycles. The Morgan fingerprint density at radius 3 is 2.74 bits per heavy atom. The number of carbonyl (C=O) groups is 1. The first kappa shape index (κ1) is 17.5. The van der Waals surface area contributed by atoms with Crippen molar-refractivity contribution in [2.24, 2.45) is 0 Å². The normalized spacial score (nSPS) is 18.1. The molecule has 1 heterocycles. The number of allylic oxidation sites excluding steroid dienone is 1. The molecule has 0 radical (unpaired) electrons. The van der Waals surface area contributed by atoms with E-state index in [-0.39, 0.29) is 23.1 Å². The zero-order chi connectivity index (χ0) is 17.2. The first-order valence-corrected chi connectivity index (χ1v) is 8.16. The van der Waals surface area contributed by atoms with Crippen LogP contribution in [-0.2, 0) is 10.2 Å². The number of benzene rings is 1. The fraction of sp³-hybridized carbons (Fsp3) is 0.526. The van der Waals surface area contributed by atoms with Gasteiger partial charge in [0.1, 0.15) is 17.7 Å². The number of Topliss-reactive ketones (excluding diaryl/α,β-unsaturated/α-hetero) is 1. The monoisotopic (exact) mass is 319 g/mol. The highest BCUT2D eigenvalue weighted by Crippen LogP contribution is 2.33. The second-order valence-corrected chi connectivity index (χ2v) is 7.09. The summed E-state index contributed by atoms with van der Waals surface area (Å²) in [6, 6.07) is 4.67. The average Bonchev–Trinajstić information content (AvgIpc) is 2.95. The van der Waals surface area contributed by atoms with Crippen molar-refractivity contribution < 1.29 is 13.9 Å². The van der Waals surface area contributed by atoms with E-state index in [0.29, 0.717) is 18.7 Å². The predicted molar refractivity (Wildman–Crippen MR) is 90.1 cm³/mol. The van der Waals surface area contributed by atoms with E-state index in [2.05, 4.69) is 6.58 Å². The van der Waals surface area contributed by atoms with E-state index in [9.17, 15) is 9.18 Å². The van der Waals surface area contributed by atoms with Gasteiger partial charge in [0.2, 0.25) is 0 Å². The summed E-state index contributed by atoms with van der Waals surface area (Å²) in [5.41, 5.74) is 1.23. The molecule has 1 aromatic rings. The zero-order valence-corrected chi connectivity index (χ0v) is 14.5. The van der Waals surface area contributed by atoms with Crippen molar-refractivity contribution in [2.75, 3.05) is 13.1 Å². The molecule has 0 bridgehead atoms. The van der Waals surface area contributed by atoms with Gasteiger partial charge in [0, 0.05) is 24.9 Å². The van der Waals surface area contributed by atoms with Crippen LogP contribution in [0.25, 0.3) is 0 Å². The largest absolute Gasteiger partial charge is 0.488 e. The van der Waals surface area contributed by atoms with Crippen molar-refractivity contribution in [2.45, 2.75) is 52.1 Å². The van der Waals surface area contributed by atoms with Crippen molar-refractivity contribution in [1.82, 2.24) is 4.90 Å². The Balaban J connectivity index is 2.10. The summed E-state index contributed by atoms with van der Waals surface area (Å²) in [6.07, 6.45) is 1.28. The average molecular weight is 319 g/mol. The number of hydrogen-bond donors (Lipinski definition) is 0. The van der Waals surface area contributed by atoms with Crippen LogP contribution in [0.1, 0.15) is 46.1 Å². The van der Waals surface area contributed by atoms with E-state index in [1.165, 1.54) is 6.07 Å². The summed E-state index contributed by atoms with van der Waals surface area (Å²) in [5, 5.41) is 0. The van der Waals surface area contributed by atoms with Crippen LogP contribution < -0.4 is 4.74 Å². The molecule has 1 unspecified atom stereocenters. The predicted octanol–water partition coefficient (Wildman–Crippen LogP) is 4.07. The number of rotatable bonds is 5. The Kier molecular flexibility index (Phi) is 5.12. The third-order valence-electron chi connectivity index (χ3n) is 4.21. The second-order valence-electron chi connectivity index (χ2n) is 7.09. The fourth-order valence-corrected chi connectivity index (χ4v) is 2.82. The van der Waals surface area contributed by atoms with Crippen molar-refractivity contribution >= 4 is 5.78 Å². The molecule has 0 aliphatic carbocycles. The van der Waals surface area contributed by atoms with Crippen LogP contribution in [0.2, 0.25) is 0 Å². The SMILES string of the molecule is C=C(C(=O)CC)N1CCC(Oc2ccc(F)cc2C(C)(C)C)C1. The molecule has 0 spiro atoms. The Bertz CT molecular complexity index is 604. The highest BCUT2D eigenvalue weighted by molar-refractivity contribution is 5.93. The zero-order valence-electron chi connectivity index (χ0n) is 14.5. The van der Waals surface area contributed by atoms with E-state index in [1.54, 1.807) is 12.1 Å². The molecule has 0 saturated carbocycles. The highest BCUT2D eigenvalue weighted by atomic mass is 19.1. The van der Waals surface area contributed by atoms with Gasteiger partial charge in [0.05, 0.1) is 12.2 Å². The smallest absolute Gasteiger partial charge is 0.177 e. The third-order valence-corrected chi connectivity index (χ3v) is 4.21. The summed E-state index contributed by atoms with van der Waals surface area (Å²) in [5.74, 6) is 0.540. The van der Waals surface area contributed by atoms with Gasteiger partial charge in [-0.3, -0.25) is 4.79 Å². The van der Waals surface area contributed by atoms with Crippen LogP contribution in [0.15, 0.2) is 30.5 Å². The molecule has 1 saturated heterocycles. The molecule has 23 heavy (non-hydrogen) atoms. The lowest BCUT2D eigenvalue weighted by Crippen LogP contribution is -2.28. The minimum absolute atomic E-state index is 0.0111. The van der Waals surface area contributed by atoms with Crippen molar-refractivity contribution in [3.8, 4) is 5.75 Å². The number of carbonyl (C=O) groups excluding carboxylic acids is 1. The van der Waals surface area contributed by atoms with Crippen LogP contribution in [0.5, 0.6) is 5.75 Å². The maximum Gasteiger partial charge on any atom is 0.177 e. The lowest BCUT2D eigenvalue weighted by Gasteiger charge is -2.25. The van der Waals surface area contributed by atoms with E-state index in [0.717, 1.165) is 24.3 Å². The Morgan fingerprint density at radius 1 is 1.43 bits per heavy atom. The van der Waals surface area contributed by atoms with Gasteiger partial charge in [0.25, 0.3) is 0 Å². The van der Waals surface area contributed by atoms with Gasteiger partial charge in [-0.25, -0.2) is 4.39 Å². The number of likely N-dealkylation sites (tertiary alicyclic amines) is 1. The molecule has 1 aliphatic rings. The summed E-state index contributed by atoms with van der Waals surface area (Å²) >= 11 is 0. The summed E-state index contributed by atoms with van der Waals surface area (Å²) in [6.45, 7) is 13.3. The van der Waals surface area contributed by atoms with E-state index >= 15 is 0 Å². The molecule has 1 fully saturated rings. The number of halogens is 1. The number of ketones is 1. The molecule has 0 aromatic heterocycles. The quantitative estimate of drug-likeness (QED) is 0.766. The fourth-order valence-electron chi connectivity index (χ4n) is 2.82. The van der Waals surface area contributed by atoms with Crippen LogP contribution in [0, 0.1) is 5.82 Å². The van der Waals surface area contributed by atoms with Crippen molar-refractivity contribution in [3.05, 3.63) is 41.9 Å². The van der Waals surface area contributed by atoms with Gasteiger partial charge in [-0.1, -0.05) is 34.3 Å². The molecule has 126 valence electrons. The van der Waals surface area contributed by atoms with Crippen LogP contribution >= 0.6 is 0 Å². The van der Waals surface area contributed by atoms with Gasteiger partial charge >= 0.3 is 0 Å². The lowest BCUT2D eigenvalue weighted by atomic mass is 9.86. The summed E-state index contributed by atoms with van der Waals surface area (Å²) < 4.78 is 19.7. The van der Waals surface area contributed by atoms with Gasteiger partial charge in [-0.05, 0) is 23.6 Å². The van der Waals surface area contributed by atoms with Gasteiger partial charge in [-0.15, -0.1) is 0 Å². The topological polar surface area (TPSA) is 29.5 Å². The van der Waals surface area contributed by atoms with Crippen molar-refractivity contribution in [1.29, 1.82) is 0 Å². The Morgan fingerprint density at radius 2 is 2.13 bits per heavy atom. The van der Waals surface area contributed by atoms with Gasteiger partial charge < -0.3 is 9.64 Å².